The number of benzene rings is 4. The molecule has 17 heteroatoms. The van der Waals surface area contributed by atoms with Gasteiger partial charge >= 0.3 is 0 Å². The fraction of sp³-hybridized carbons (Fsp3) is 0.304. The second kappa shape index (κ2) is 18.4. The van der Waals surface area contributed by atoms with Gasteiger partial charge in [0.1, 0.15) is 72.3 Å². The van der Waals surface area contributed by atoms with Gasteiger partial charge in [-0.1, -0.05) is 48.5 Å². The Balaban J connectivity index is 0.000000147. The Morgan fingerprint density at radius 3 is 1.51 bits per heavy atom. The Kier molecular flexibility index (Phi) is 12.6. The van der Waals surface area contributed by atoms with Crippen LogP contribution in [0.25, 0.3) is 21.8 Å². The first kappa shape index (κ1) is 43.1. The predicted molar refractivity (Wildman–Crippen MR) is 220 cm³/mol. The summed E-state index contributed by atoms with van der Waals surface area (Å²) in [7, 11) is 0. The van der Waals surface area contributed by atoms with Crippen molar-refractivity contribution in [3.8, 4) is 23.6 Å². The number of pyridine rings is 2. The molecule has 4 aromatic carbocycles. The van der Waals surface area contributed by atoms with Crippen LogP contribution in [-0.4, -0.2) is 105 Å². The minimum Gasteiger partial charge on any atom is -0.506 e. The number of fused-ring (bicyclic) bond motifs is 4. The maximum absolute atomic E-state index is 13.3. The molecule has 0 radical (unpaired) electrons. The standard InChI is InChI=1S/C23H19FN2O5.C17H11FN2O2.C6H10O4/c24-14-7-5-13(6-8-14)10-26-17-4-2-1-3-15(17)20(16(9-25)23(26)28)31-19-12-30-21-18(27)11-29-22(19)21;18-12-7-5-11(6-8-12)10-20-15-4-2-1-3-13(15)16(21)14(9-19)17(20)22;7-3-1-9-6-4(8)2-10-5(3)6/h1-8,18-19,21-22,27H,10-12H2;1-8,21H,10H2;3-8H,1-2H2/t18-,19?,21+,22+;;3-,4+,5-,6-/m0.1/s1. The molecule has 0 saturated carbocycles. The van der Waals surface area contributed by atoms with Gasteiger partial charge in [0.25, 0.3) is 11.1 Å². The lowest BCUT2D eigenvalue weighted by molar-refractivity contribution is 0.00205. The number of hydrogen-bond acceptors (Lipinski definition) is 13. The zero-order chi connectivity index (χ0) is 44.4. The molecule has 6 aromatic rings. The van der Waals surface area contributed by atoms with Crippen LogP contribution in [0.1, 0.15) is 22.3 Å². The van der Waals surface area contributed by atoms with Crippen LogP contribution in [0.3, 0.4) is 0 Å². The first-order valence-corrected chi connectivity index (χ1v) is 19.9. The molecule has 4 aliphatic heterocycles. The van der Waals surface area contributed by atoms with E-state index in [1.54, 1.807) is 78.9 Å². The van der Waals surface area contributed by atoms with Crippen LogP contribution in [0.15, 0.2) is 107 Å². The number of aliphatic hydroxyl groups excluding tert-OH is 3. The Morgan fingerprint density at radius 2 is 1.00 bits per heavy atom. The van der Waals surface area contributed by atoms with Crippen LogP contribution in [0, 0.1) is 34.3 Å². The number of para-hydroxylation sites is 2. The molecular formula is C46H40F2N4O11. The van der Waals surface area contributed by atoms with Crippen LogP contribution in [0.2, 0.25) is 0 Å². The zero-order valence-corrected chi connectivity index (χ0v) is 33.3. The molecule has 4 aliphatic rings. The van der Waals surface area contributed by atoms with Crippen LogP contribution in [0.4, 0.5) is 8.78 Å². The topological polar surface area (TPSA) is 219 Å². The second-order valence-corrected chi connectivity index (χ2v) is 15.3. The molecule has 15 nitrogen and oxygen atoms in total. The third-order valence-electron chi connectivity index (χ3n) is 11.3. The molecule has 0 bridgehead atoms. The highest BCUT2D eigenvalue weighted by atomic mass is 19.1. The van der Waals surface area contributed by atoms with Crippen LogP contribution < -0.4 is 15.9 Å². The number of halogens is 2. The van der Waals surface area contributed by atoms with E-state index in [0.29, 0.717) is 21.8 Å². The van der Waals surface area contributed by atoms with E-state index in [4.69, 9.17) is 39.2 Å². The molecule has 2 aromatic heterocycles. The van der Waals surface area contributed by atoms with Gasteiger partial charge in [0.15, 0.2) is 23.0 Å². The highest BCUT2D eigenvalue weighted by Crippen LogP contribution is 2.34. The number of nitrogens with zero attached hydrogens (tertiary/aromatic N) is 4. The summed E-state index contributed by atoms with van der Waals surface area (Å²) in [4.78, 5) is 25.7. The predicted octanol–water partition coefficient (Wildman–Crippen LogP) is 3.24. The van der Waals surface area contributed by atoms with Crippen molar-refractivity contribution < 1.29 is 52.9 Å². The van der Waals surface area contributed by atoms with Crippen LogP contribution in [-0.2, 0) is 32.0 Å². The molecule has 0 aliphatic carbocycles. The summed E-state index contributed by atoms with van der Waals surface area (Å²) >= 11 is 0. The molecule has 0 spiro atoms. The SMILES string of the molecule is N#Cc1c(O)c2ccccc2n(Cc2ccc(F)cc2)c1=O.N#Cc1c(OC2CO[C@H]3[C@@H]2OC[C@@H]3O)c2ccccc2n(Cc2ccc(F)cc2)c1=O.O[C@@H]1CO[C@H]2[C@@H]1OC[C@@H]2O. The number of aromatic nitrogens is 2. The summed E-state index contributed by atoms with van der Waals surface area (Å²) in [5, 5.41) is 58.3. The van der Waals surface area contributed by atoms with E-state index in [9.17, 15) is 33.8 Å². The first-order valence-electron chi connectivity index (χ1n) is 19.9. The number of rotatable bonds is 6. The number of aliphatic hydroxyl groups is 3. The van der Waals surface area contributed by atoms with E-state index in [0.717, 1.165) is 11.1 Å². The maximum atomic E-state index is 13.3. The molecule has 4 fully saturated rings. The fourth-order valence-electron chi connectivity index (χ4n) is 8.10. The van der Waals surface area contributed by atoms with Crippen molar-refractivity contribution in [2.75, 3.05) is 26.4 Å². The molecule has 4 saturated heterocycles. The van der Waals surface area contributed by atoms with Crippen molar-refractivity contribution in [2.45, 2.75) is 61.9 Å². The van der Waals surface area contributed by atoms with E-state index >= 15 is 0 Å². The lowest BCUT2D eigenvalue weighted by Gasteiger charge is -2.21. The van der Waals surface area contributed by atoms with Crippen molar-refractivity contribution in [1.29, 1.82) is 10.5 Å². The van der Waals surface area contributed by atoms with Crippen LogP contribution >= 0.6 is 0 Å². The quantitative estimate of drug-likeness (QED) is 0.189. The van der Waals surface area contributed by atoms with E-state index in [2.05, 4.69) is 0 Å². The van der Waals surface area contributed by atoms with Crippen molar-refractivity contribution >= 4 is 21.8 Å². The second-order valence-electron chi connectivity index (χ2n) is 15.3. The molecule has 1 unspecified atom stereocenters. The largest absolute Gasteiger partial charge is 0.506 e. The van der Waals surface area contributed by atoms with E-state index in [-0.39, 0.29) is 86.0 Å². The Labute approximate surface area is 357 Å². The van der Waals surface area contributed by atoms with Gasteiger partial charge in [-0.05, 0) is 59.7 Å². The first-order chi connectivity index (χ1) is 30.5. The van der Waals surface area contributed by atoms with Crippen molar-refractivity contribution in [1.82, 2.24) is 9.13 Å². The minimum absolute atomic E-state index is 0.122. The van der Waals surface area contributed by atoms with E-state index in [1.165, 1.54) is 33.4 Å². The molecule has 10 rings (SSSR count). The van der Waals surface area contributed by atoms with E-state index < -0.39 is 47.7 Å². The van der Waals surface area contributed by atoms with Gasteiger partial charge in [-0.3, -0.25) is 9.59 Å². The number of ether oxygens (including phenoxy) is 5. The highest BCUT2D eigenvalue weighted by molar-refractivity contribution is 5.88. The van der Waals surface area contributed by atoms with Gasteiger partial charge in [0, 0.05) is 10.8 Å². The molecule has 8 atom stereocenters. The lowest BCUT2D eigenvalue weighted by atomic mass is 10.1. The van der Waals surface area contributed by atoms with E-state index in [1.807, 2.05) is 6.07 Å². The Bertz CT molecular complexity index is 2830. The summed E-state index contributed by atoms with van der Waals surface area (Å²) in [5.74, 6) is -0.848. The summed E-state index contributed by atoms with van der Waals surface area (Å²) in [5.41, 5.74) is 1.09. The van der Waals surface area contributed by atoms with Crippen molar-refractivity contribution in [3.63, 3.8) is 0 Å². The summed E-state index contributed by atoms with van der Waals surface area (Å²) in [6.07, 6.45) is -3.93. The summed E-state index contributed by atoms with van der Waals surface area (Å²) < 4.78 is 56.6. The van der Waals surface area contributed by atoms with Crippen molar-refractivity contribution in [3.05, 3.63) is 152 Å². The molecule has 0 amide bonds. The number of aromatic hydroxyl groups is 1. The van der Waals surface area contributed by atoms with Gasteiger partial charge in [-0.15, -0.1) is 0 Å². The summed E-state index contributed by atoms with van der Waals surface area (Å²) in [6, 6.07) is 29.3. The zero-order valence-electron chi connectivity index (χ0n) is 33.3. The minimum atomic E-state index is -0.727. The van der Waals surface area contributed by atoms with Crippen LogP contribution in [0.5, 0.6) is 11.5 Å². The molecule has 324 valence electrons. The smallest absolute Gasteiger partial charge is 0.273 e. The molecule has 4 N–H and O–H groups in total. The van der Waals surface area contributed by atoms with Gasteiger partial charge in [0.2, 0.25) is 0 Å². The summed E-state index contributed by atoms with van der Waals surface area (Å²) in [6.45, 7) is 1.28. The average Bonchev–Trinajstić information content (AvgIpc) is 4.08. The van der Waals surface area contributed by atoms with Gasteiger partial charge < -0.3 is 53.2 Å². The number of nitriles is 2. The number of hydrogen-bond donors (Lipinski definition) is 4. The van der Waals surface area contributed by atoms with Gasteiger partial charge in [0.05, 0.1) is 50.6 Å². The Morgan fingerprint density at radius 1 is 0.587 bits per heavy atom. The fourth-order valence-corrected chi connectivity index (χ4v) is 8.10. The normalized spacial score (nSPS) is 24.4. The molecule has 6 heterocycles. The lowest BCUT2D eigenvalue weighted by Crippen LogP contribution is -2.35. The highest BCUT2D eigenvalue weighted by Gasteiger charge is 2.49. The van der Waals surface area contributed by atoms with Gasteiger partial charge in [-0.25, -0.2) is 8.78 Å². The third-order valence-corrected chi connectivity index (χ3v) is 11.3. The third kappa shape index (κ3) is 8.64. The van der Waals surface area contributed by atoms with Gasteiger partial charge in [-0.2, -0.15) is 10.5 Å². The van der Waals surface area contributed by atoms with Crippen molar-refractivity contribution in [2.24, 2.45) is 0 Å². The maximum Gasteiger partial charge on any atom is 0.273 e. The molecule has 63 heavy (non-hydrogen) atoms. The Hall–Kier alpha value is -6.54. The molecular weight excluding hydrogens is 823 g/mol. The monoisotopic (exact) mass is 862 g/mol. The average molecular weight is 863 g/mol.